The zero-order chi connectivity index (χ0) is 13.8. The molecule has 0 atom stereocenters. The Labute approximate surface area is 116 Å². The fourth-order valence-electron chi connectivity index (χ4n) is 1.32. The molecule has 0 spiro atoms. The summed E-state index contributed by atoms with van der Waals surface area (Å²) in [6.07, 6.45) is 0. The van der Waals surface area contributed by atoms with E-state index in [-0.39, 0.29) is 11.6 Å². The van der Waals surface area contributed by atoms with Crippen LogP contribution in [0, 0.1) is 12.7 Å². The first kappa shape index (κ1) is 13.8. The lowest BCUT2D eigenvalue weighted by Gasteiger charge is -2.05. The predicted octanol–water partition coefficient (Wildman–Crippen LogP) is 2.91. The van der Waals surface area contributed by atoms with Crippen LogP contribution in [-0.2, 0) is 4.79 Å². The second-order valence-electron chi connectivity index (χ2n) is 3.64. The van der Waals surface area contributed by atoms with Gasteiger partial charge in [0.15, 0.2) is 4.34 Å². The summed E-state index contributed by atoms with van der Waals surface area (Å²) < 4.78 is 13.5. The van der Waals surface area contributed by atoms with Crippen LogP contribution in [0.3, 0.4) is 0 Å². The van der Waals surface area contributed by atoms with E-state index in [1.54, 1.807) is 13.0 Å². The minimum absolute atomic E-state index is 0.0514. The normalized spacial score (nSPS) is 10.4. The highest BCUT2D eigenvalue weighted by atomic mass is 32.2. The average Bonchev–Trinajstić information content (AvgIpc) is 2.78. The topological polar surface area (TPSA) is 75.1 Å². The molecule has 0 amide bonds. The highest BCUT2D eigenvalue weighted by molar-refractivity contribution is 8.01. The smallest absolute Gasteiger partial charge is 0.313 e. The van der Waals surface area contributed by atoms with E-state index < -0.39 is 5.97 Å². The Kier molecular flexibility index (Phi) is 4.33. The van der Waals surface area contributed by atoms with E-state index in [4.69, 9.17) is 5.11 Å². The minimum Gasteiger partial charge on any atom is -0.481 e. The molecular weight excluding hydrogens is 289 g/mol. The van der Waals surface area contributed by atoms with Crippen LogP contribution < -0.4 is 5.32 Å². The second-order valence-corrected chi connectivity index (χ2v) is 5.84. The van der Waals surface area contributed by atoms with Crippen LogP contribution in [0.4, 0.5) is 15.2 Å². The van der Waals surface area contributed by atoms with Crippen LogP contribution in [0.25, 0.3) is 0 Å². The van der Waals surface area contributed by atoms with Gasteiger partial charge in [-0.3, -0.25) is 4.79 Å². The number of carboxylic acid groups (broad SMARTS) is 1. The lowest BCUT2D eigenvalue weighted by Crippen LogP contribution is -1.96. The molecule has 0 radical (unpaired) electrons. The number of carbonyl (C=O) groups is 1. The van der Waals surface area contributed by atoms with Gasteiger partial charge in [-0.1, -0.05) is 23.1 Å². The fourth-order valence-corrected chi connectivity index (χ4v) is 2.81. The van der Waals surface area contributed by atoms with Crippen molar-refractivity contribution in [2.75, 3.05) is 11.1 Å². The molecule has 8 heteroatoms. The maximum absolute atomic E-state index is 13.0. The number of rotatable bonds is 5. The van der Waals surface area contributed by atoms with Crippen molar-refractivity contribution in [3.8, 4) is 0 Å². The van der Waals surface area contributed by atoms with E-state index >= 15 is 0 Å². The lowest BCUT2D eigenvalue weighted by atomic mass is 10.2. The van der Waals surface area contributed by atoms with Crippen molar-refractivity contribution >= 4 is 39.9 Å². The summed E-state index contributed by atoms with van der Waals surface area (Å²) in [7, 11) is 0. The Hall–Kier alpha value is -1.67. The van der Waals surface area contributed by atoms with Gasteiger partial charge in [0, 0.05) is 5.69 Å². The molecule has 1 heterocycles. The largest absolute Gasteiger partial charge is 0.481 e. The molecule has 0 aliphatic heterocycles. The number of aryl methyl sites for hydroxylation is 1. The Bertz CT molecular complexity index is 603. The number of anilines is 2. The molecule has 0 bridgehead atoms. The average molecular weight is 299 g/mol. The number of thioether (sulfide) groups is 1. The number of halogens is 1. The van der Waals surface area contributed by atoms with Crippen LogP contribution in [0.2, 0.25) is 0 Å². The van der Waals surface area contributed by atoms with E-state index in [1.807, 2.05) is 0 Å². The first-order valence-electron chi connectivity index (χ1n) is 5.26. The van der Waals surface area contributed by atoms with Crippen LogP contribution in [0.5, 0.6) is 0 Å². The number of nitrogens with one attached hydrogen (secondary N) is 1. The van der Waals surface area contributed by atoms with Gasteiger partial charge in [-0.2, -0.15) is 0 Å². The molecule has 100 valence electrons. The van der Waals surface area contributed by atoms with Gasteiger partial charge < -0.3 is 10.4 Å². The monoisotopic (exact) mass is 299 g/mol. The predicted molar refractivity (Wildman–Crippen MR) is 72.7 cm³/mol. The summed E-state index contributed by atoms with van der Waals surface area (Å²) in [5.41, 5.74) is 1.50. The first-order chi connectivity index (χ1) is 9.04. The van der Waals surface area contributed by atoms with Crippen molar-refractivity contribution in [2.45, 2.75) is 11.3 Å². The van der Waals surface area contributed by atoms with Gasteiger partial charge in [0.25, 0.3) is 0 Å². The Morgan fingerprint density at radius 3 is 3.00 bits per heavy atom. The number of aliphatic carboxylic acids is 1. The summed E-state index contributed by atoms with van der Waals surface area (Å²) in [4.78, 5) is 10.4. The van der Waals surface area contributed by atoms with E-state index in [1.165, 1.54) is 23.5 Å². The highest BCUT2D eigenvalue weighted by Gasteiger charge is 2.08. The van der Waals surface area contributed by atoms with Crippen LogP contribution >= 0.6 is 23.1 Å². The van der Waals surface area contributed by atoms with Gasteiger partial charge in [-0.15, -0.1) is 10.2 Å². The van der Waals surface area contributed by atoms with Crippen LogP contribution in [0.1, 0.15) is 5.56 Å². The Morgan fingerprint density at radius 2 is 2.32 bits per heavy atom. The SMILES string of the molecule is Cc1cc(F)ccc1Nc1nnc(SCC(=O)O)s1. The third-order valence-corrected chi connectivity index (χ3v) is 4.11. The molecular formula is C11H10FN3O2S2. The maximum Gasteiger partial charge on any atom is 0.313 e. The number of hydrogen-bond donors (Lipinski definition) is 2. The van der Waals surface area contributed by atoms with Gasteiger partial charge in [0.05, 0.1) is 5.75 Å². The molecule has 1 aromatic carbocycles. The molecule has 1 aromatic heterocycles. The van der Waals surface area contributed by atoms with Crippen molar-refractivity contribution in [1.82, 2.24) is 10.2 Å². The second kappa shape index (κ2) is 5.98. The van der Waals surface area contributed by atoms with Gasteiger partial charge in [-0.05, 0) is 30.7 Å². The zero-order valence-electron chi connectivity index (χ0n) is 9.88. The molecule has 0 unspecified atom stereocenters. The first-order valence-corrected chi connectivity index (χ1v) is 7.06. The summed E-state index contributed by atoms with van der Waals surface area (Å²) in [5, 5.41) is 19.9. The molecule has 2 rings (SSSR count). The summed E-state index contributed by atoms with van der Waals surface area (Å²) in [6.45, 7) is 1.78. The number of carboxylic acids is 1. The molecule has 0 saturated carbocycles. The zero-order valence-corrected chi connectivity index (χ0v) is 11.5. The number of nitrogens with zero attached hydrogens (tertiary/aromatic N) is 2. The third-order valence-electron chi connectivity index (χ3n) is 2.16. The standard InChI is InChI=1S/C11H10FN3O2S2/c1-6-4-7(12)2-3-8(6)13-10-14-15-11(19-10)18-5-9(16)17/h2-4H,5H2,1H3,(H,13,14)(H,16,17). The third kappa shape index (κ3) is 3.90. The molecule has 19 heavy (non-hydrogen) atoms. The molecule has 2 N–H and O–H groups in total. The number of hydrogen-bond acceptors (Lipinski definition) is 6. The van der Waals surface area contributed by atoms with Crippen molar-refractivity contribution < 1.29 is 14.3 Å². The number of benzene rings is 1. The Balaban J connectivity index is 2.05. The minimum atomic E-state index is -0.899. The van der Waals surface area contributed by atoms with Crippen molar-refractivity contribution in [1.29, 1.82) is 0 Å². The molecule has 0 aliphatic carbocycles. The van der Waals surface area contributed by atoms with Crippen molar-refractivity contribution in [3.05, 3.63) is 29.6 Å². The maximum atomic E-state index is 13.0. The van der Waals surface area contributed by atoms with E-state index in [2.05, 4.69) is 15.5 Å². The van der Waals surface area contributed by atoms with Crippen LogP contribution in [-0.4, -0.2) is 27.0 Å². The van der Waals surface area contributed by atoms with E-state index in [0.717, 1.165) is 23.0 Å². The van der Waals surface area contributed by atoms with Gasteiger partial charge >= 0.3 is 5.97 Å². The summed E-state index contributed by atoms with van der Waals surface area (Å²) in [6, 6.07) is 4.40. The quantitative estimate of drug-likeness (QED) is 0.827. The Morgan fingerprint density at radius 1 is 1.53 bits per heavy atom. The van der Waals surface area contributed by atoms with Crippen LogP contribution in [0.15, 0.2) is 22.5 Å². The molecule has 0 fully saturated rings. The molecule has 0 saturated heterocycles. The summed E-state index contributed by atoms with van der Waals surface area (Å²) in [5.74, 6) is -1.24. The molecule has 2 aromatic rings. The van der Waals surface area contributed by atoms with Crippen molar-refractivity contribution in [3.63, 3.8) is 0 Å². The lowest BCUT2D eigenvalue weighted by molar-refractivity contribution is -0.133. The fraction of sp³-hybridized carbons (Fsp3) is 0.182. The van der Waals surface area contributed by atoms with E-state index in [9.17, 15) is 9.18 Å². The molecule has 0 aliphatic rings. The van der Waals surface area contributed by atoms with E-state index in [0.29, 0.717) is 9.47 Å². The molecule has 5 nitrogen and oxygen atoms in total. The summed E-state index contributed by atoms with van der Waals surface area (Å²) >= 11 is 2.37. The van der Waals surface area contributed by atoms with Gasteiger partial charge in [0.2, 0.25) is 5.13 Å². The highest BCUT2D eigenvalue weighted by Crippen LogP contribution is 2.28. The van der Waals surface area contributed by atoms with Gasteiger partial charge in [0.1, 0.15) is 5.82 Å². The van der Waals surface area contributed by atoms with Gasteiger partial charge in [-0.25, -0.2) is 4.39 Å². The van der Waals surface area contributed by atoms with Crippen molar-refractivity contribution in [2.24, 2.45) is 0 Å². The number of aromatic nitrogens is 2.